The molecular formula is C26H26ClF3N8O. The Hall–Kier alpha value is -3.64. The number of aliphatic hydroxyl groups is 1. The zero-order valence-corrected chi connectivity index (χ0v) is 21.7. The lowest BCUT2D eigenvalue weighted by Gasteiger charge is -2.39. The molecule has 3 atom stereocenters. The molecular weight excluding hydrogens is 533 g/mol. The Kier molecular flexibility index (Phi) is 5.71. The third-order valence-corrected chi connectivity index (χ3v) is 8.49. The smallest absolute Gasteiger partial charge is 0.376 e. The van der Waals surface area contributed by atoms with Crippen molar-refractivity contribution < 1.29 is 18.3 Å². The minimum absolute atomic E-state index is 0.167. The summed E-state index contributed by atoms with van der Waals surface area (Å²) in [6, 6.07) is 3.67. The summed E-state index contributed by atoms with van der Waals surface area (Å²) in [4.78, 5) is 4.31. The summed E-state index contributed by atoms with van der Waals surface area (Å²) in [5.41, 5.74) is -2.47. The maximum atomic E-state index is 14.2. The second-order valence-corrected chi connectivity index (χ2v) is 10.5. The van der Waals surface area contributed by atoms with Crippen LogP contribution in [-0.4, -0.2) is 54.5 Å². The van der Waals surface area contributed by atoms with Gasteiger partial charge < -0.3 is 30.3 Å². The van der Waals surface area contributed by atoms with Crippen molar-refractivity contribution in [1.29, 1.82) is 5.41 Å². The molecule has 0 aromatic carbocycles. The van der Waals surface area contributed by atoms with Gasteiger partial charge in [0.1, 0.15) is 17.5 Å². The van der Waals surface area contributed by atoms with Gasteiger partial charge in [0.25, 0.3) is 0 Å². The van der Waals surface area contributed by atoms with E-state index in [2.05, 4.69) is 32.4 Å². The third-order valence-electron chi connectivity index (χ3n) is 8.18. The van der Waals surface area contributed by atoms with Crippen LogP contribution in [0.3, 0.4) is 0 Å². The van der Waals surface area contributed by atoms with Crippen LogP contribution in [0.25, 0.3) is 22.6 Å². The molecule has 204 valence electrons. The molecule has 3 aromatic heterocycles. The number of hydrogen-bond donors (Lipinski definition) is 4. The number of allylic oxidation sites excluding steroid dienone is 1. The summed E-state index contributed by atoms with van der Waals surface area (Å²) in [5, 5.41) is 33.3. The van der Waals surface area contributed by atoms with E-state index in [9.17, 15) is 18.3 Å². The molecule has 9 nitrogen and oxygen atoms in total. The number of hydrogen-bond acceptors (Lipinski definition) is 7. The summed E-state index contributed by atoms with van der Waals surface area (Å²) in [7, 11) is 1.72. The first-order chi connectivity index (χ1) is 18.6. The molecule has 2 saturated carbocycles. The number of aromatic nitrogens is 5. The van der Waals surface area contributed by atoms with E-state index in [0.717, 1.165) is 11.8 Å². The highest BCUT2D eigenvalue weighted by Gasteiger charge is 2.90. The molecule has 0 spiro atoms. The predicted octanol–water partition coefficient (Wildman–Crippen LogP) is 4.35. The van der Waals surface area contributed by atoms with Crippen LogP contribution < -0.4 is 10.6 Å². The Morgan fingerprint density at radius 3 is 2.67 bits per heavy atom. The summed E-state index contributed by atoms with van der Waals surface area (Å²) in [6.45, 7) is 4.39. The van der Waals surface area contributed by atoms with Crippen LogP contribution in [0.2, 0.25) is 5.02 Å². The average Bonchev–Trinajstić information content (AvgIpc) is 3.74. The van der Waals surface area contributed by atoms with Crippen LogP contribution in [0.15, 0.2) is 49.1 Å². The number of nitrogens with one attached hydrogen (secondary N) is 3. The lowest BCUT2D eigenvalue weighted by molar-refractivity contribution is -0.259. The van der Waals surface area contributed by atoms with E-state index in [0.29, 0.717) is 65.8 Å². The quantitative estimate of drug-likeness (QED) is 0.241. The number of nitrogens with zero attached hydrogens (tertiary/aromatic N) is 5. The summed E-state index contributed by atoms with van der Waals surface area (Å²) in [6.07, 6.45) is 3.13. The van der Waals surface area contributed by atoms with E-state index in [1.807, 2.05) is 16.8 Å². The molecule has 2 aliphatic carbocycles. The molecule has 3 aliphatic rings. The summed E-state index contributed by atoms with van der Waals surface area (Å²) >= 11 is 6.52. The number of fused-ring (bicyclic) bond motifs is 4. The lowest BCUT2D eigenvalue weighted by Crippen LogP contribution is -2.57. The third kappa shape index (κ3) is 3.57. The van der Waals surface area contributed by atoms with E-state index in [-0.39, 0.29) is 17.7 Å². The first-order valence-corrected chi connectivity index (χ1v) is 12.9. The van der Waals surface area contributed by atoms with Crippen molar-refractivity contribution in [2.75, 3.05) is 12.4 Å². The molecule has 1 aliphatic heterocycles. The molecule has 0 bridgehead atoms. The highest BCUT2D eigenvalue weighted by molar-refractivity contribution is 6.33. The van der Waals surface area contributed by atoms with Crippen molar-refractivity contribution in [2.24, 2.45) is 11.8 Å². The van der Waals surface area contributed by atoms with Gasteiger partial charge in [-0.3, -0.25) is 0 Å². The number of pyridine rings is 1. The van der Waals surface area contributed by atoms with E-state index in [1.165, 1.54) is 6.20 Å². The average molecular weight is 559 g/mol. The SMILES string of the molecule is C=CC(O)(C(F)(F)F)C1(c2nnc3n2CCCn2cc(-c4cc(N/C(=C/C=N)NC)ncc4Cl)cc2-3)C2CC21. The zero-order chi connectivity index (χ0) is 27.7. The Balaban J connectivity index is 1.41. The van der Waals surface area contributed by atoms with Gasteiger partial charge in [0.05, 0.1) is 16.1 Å². The van der Waals surface area contributed by atoms with Gasteiger partial charge in [-0.1, -0.05) is 24.3 Å². The monoisotopic (exact) mass is 558 g/mol. The maximum absolute atomic E-state index is 14.2. The van der Waals surface area contributed by atoms with Crippen LogP contribution in [0, 0.1) is 17.2 Å². The predicted molar refractivity (Wildman–Crippen MR) is 140 cm³/mol. The zero-order valence-electron chi connectivity index (χ0n) is 20.9. The van der Waals surface area contributed by atoms with Crippen LogP contribution in [0.5, 0.6) is 0 Å². The van der Waals surface area contributed by atoms with Crippen molar-refractivity contribution in [2.45, 2.75) is 43.1 Å². The first kappa shape index (κ1) is 25.6. The van der Waals surface area contributed by atoms with Crippen LogP contribution >= 0.6 is 11.6 Å². The number of anilines is 1. The second-order valence-electron chi connectivity index (χ2n) is 10.1. The maximum Gasteiger partial charge on any atom is 0.421 e. The van der Waals surface area contributed by atoms with Gasteiger partial charge in [0, 0.05) is 49.9 Å². The molecule has 3 unspecified atom stereocenters. The second kappa shape index (κ2) is 8.68. The topological polar surface area (TPSA) is 117 Å². The van der Waals surface area contributed by atoms with Crippen molar-refractivity contribution in [3.63, 3.8) is 0 Å². The van der Waals surface area contributed by atoms with Crippen molar-refractivity contribution in [3.05, 3.63) is 59.9 Å². The summed E-state index contributed by atoms with van der Waals surface area (Å²) < 4.78 is 46.2. The molecule has 2 fully saturated rings. The number of alkyl halides is 3. The molecule has 3 aromatic rings. The Labute approximate surface area is 226 Å². The van der Waals surface area contributed by atoms with Gasteiger partial charge in [-0.05, 0) is 42.9 Å². The molecule has 4 heterocycles. The molecule has 0 saturated heterocycles. The Morgan fingerprint density at radius 2 is 2.05 bits per heavy atom. The Bertz CT molecular complexity index is 1520. The lowest BCUT2D eigenvalue weighted by atomic mass is 9.74. The largest absolute Gasteiger partial charge is 0.421 e. The van der Waals surface area contributed by atoms with Crippen molar-refractivity contribution >= 4 is 23.6 Å². The first-order valence-electron chi connectivity index (χ1n) is 12.5. The van der Waals surface area contributed by atoms with Crippen molar-refractivity contribution in [1.82, 2.24) is 29.6 Å². The molecule has 0 amide bonds. The van der Waals surface area contributed by atoms with Gasteiger partial charge in [0.2, 0.25) is 0 Å². The van der Waals surface area contributed by atoms with E-state index < -0.39 is 17.2 Å². The van der Waals surface area contributed by atoms with Crippen LogP contribution in [0.1, 0.15) is 18.7 Å². The fraction of sp³-hybridized carbons (Fsp3) is 0.385. The normalized spacial score (nSPS) is 24.9. The van der Waals surface area contributed by atoms with Gasteiger partial charge in [-0.25, -0.2) is 4.98 Å². The van der Waals surface area contributed by atoms with E-state index in [1.54, 1.807) is 23.8 Å². The Morgan fingerprint density at radius 1 is 1.28 bits per heavy atom. The number of halogens is 4. The highest BCUT2D eigenvalue weighted by atomic mass is 35.5. The number of rotatable bonds is 8. The van der Waals surface area contributed by atoms with Gasteiger partial charge >= 0.3 is 6.18 Å². The van der Waals surface area contributed by atoms with Crippen molar-refractivity contribution in [3.8, 4) is 22.6 Å². The van der Waals surface area contributed by atoms with Crippen LogP contribution in [0.4, 0.5) is 19.0 Å². The minimum Gasteiger partial charge on any atom is -0.376 e. The highest BCUT2D eigenvalue weighted by Crippen LogP contribution is 2.82. The van der Waals surface area contributed by atoms with Gasteiger partial charge in [0.15, 0.2) is 11.4 Å². The van der Waals surface area contributed by atoms with Crippen LogP contribution in [-0.2, 0) is 18.5 Å². The molecule has 0 radical (unpaired) electrons. The van der Waals surface area contributed by atoms with Gasteiger partial charge in [-0.15, -0.1) is 10.2 Å². The fourth-order valence-corrected chi connectivity index (χ4v) is 6.32. The molecule has 4 N–H and O–H groups in total. The minimum atomic E-state index is -4.89. The van der Waals surface area contributed by atoms with E-state index in [4.69, 9.17) is 17.0 Å². The molecule has 6 rings (SSSR count). The number of aryl methyl sites for hydroxylation is 1. The van der Waals surface area contributed by atoms with E-state index >= 15 is 0 Å². The standard InChI is InChI=1S/C26H26ClF3N8O/c1-3-24(39,26(28,29)30)25(16-11-17(16)25)23-36-35-22-19-9-14(13-37(19)7-4-8-38(22)23)15-10-21(33-12-18(15)27)34-20(32-2)5-6-31/h3,5-6,9-10,12-13,16-17,31-32,39H,1,4,7-8,11H2,2H3,(H,33,34)/b20-5+,31-6?. The fourth-order valence-electron chi connectivity index (χ4n) is 6.11. The molecule has 13 heteroatoms. The molecule has 39 heavy (non-hydrogen) atoms. The van der Waals surface area contributed by atoms with Gasteiger partial charge in [-0.2, -0.15) is 13.2 Å². The summed E-state index contributed by atoms with van der Waals surface area (Å²) in [5.74, 6) is 1.10.